The van der Waals surface area contributed by atoms with Gasteiger partial charge < -0.3 is 20.1 Å². The van der Waals surface area contributed by atoms with Crippen LogP contribution in [0.1, 0.15) is 49.1 Å². The summed E-state index contributed by atoms with van der Waals surface area (Å²) in [4.78, 5) is 38.2. The van der Waals surface area contributed by atoms with Crippen molar-refractivity contribution >= 4 is 18.0 Å². The van der Waals surface area contributed by atoms with Crippen molar-refractivity contribution in [1.29, 1.82) is 0 Å². The number of aliphatic carboxylic acids is 1. The van der Waals surface area contributed by atoms with Crippen LogP contribution in [0.15, 0.2) is 48.5 Å². The van der Waals surface area contributed by atoms with Crippen LogP contribution < -0.4 is 5.32 Å². The molecule has 7 heteroatoms. The van der Waals surface area contributed by atoms with E-state index in [1.165, 1.54) is 22.3 Å². The van der Waals surface area contributed by atoms with Crippen LogP contribution in [0.3, 0.4) is 0 Å². The SMILES string of the molecule is O=C(NCC1(CC(=O)N2CCC(C(=O)O)C2)CCC1)OCC1c2ccccc2-c2ccccc21. The monoisotopic (exact) mass is 462 g/mol. The van der Waals surface area contributed by atoms with Gasteiger partial charge in [-0.2, -0.15) is 0 Å². The van der Waals surface area contributed by atoms with Crippen molar-refractivity contribution in [2.45, 2.75) is 38.0 Å². The van der Waals surface area contributed by atoms with E-state index in [1.54, 1.807) is 4.90 Å². The third kappa shape index (κ3) is 4.27. The van der Waals surface area contributed by atoms with Crippen LogP contribution in [0.25, 0.3) is 11.1 Å². The average Bonchev–Trinajstić information content (AvgIpc) is 3.43. The predicted octanol–water partition coefficient (Wildman–Crippen LogP) is 4.02. The molecule has 0 spiro atoms. The van der Waals surface area contributed by atoms with Crippen LogP contribution in [0.5, 0.6) is 0 Å². The first-order chi connectivity index (χ1) is 16.5. The third-order valence-electron chi connectivity index (χ3n) is 7.78. The molecule has 7 nitrogen and oxygen atoms in total. The van der Waals surface area contributed by atoms with Gasteiger partial charge in [0.15, 0.2) is 0 Å². The maximum atomic E-state index is 12.8. The van der Waals surface area contributed by atoms with Crippen molar-refractivity contribution in [3.8, 4) is 11.1 Å². The van der Waals surface area contributed by atoms with E-state index in [1.807, 2.05) is 24.3 Å². The number of rotatable bonds is 7. The molecule has 2 N–H and O–H groups in total. The minimum absolute atomic E-state index is 0.00902. The lowest BCUT2D eigenvalue weighted by Gasteiger charge is -2.42. The minimum atomic E-state index is -0.842. The lowest BCUT2D eigenvalue weighted by Crippen LogP contribution is -2.46. The molecule has 34 heavy (non-hydrogen) atoms. The third-order valence-corrected chi connectivity index (χ3v) is 7.78. The van der Waals surface area contributed by atoms with Crippen molar-refractivity contribution in [2.24, 2.45) is 11.3 Å². The van der Waals surface area contributed by atoms with E-state index in [2.05, 4.69) is 29.6 Å². The molecule has 2 amide bonds. The summed E-state index contributed by atoms with van der Waals surface area (Å²) in [5.41, 5.74) is 4.45. The summed E-state index contributed by atoms with van der Waals surface area (Å²) < 4.78 is 5.64. The number of ether oxygens (including phenoxy) is 1. The topological polar surface area (TPSA) is 95.9 Å². The van der Waals surface area contributed by atoms with Crippen LogP contribution in [0.4, 0.5) is 4.79 Å². The number of carboxylic acids is 1. The van der Waals surface area contributed by atoms with Crippen LogP contribution in [-0.4, -0.2) is 54.2 Å². The Hall–Kier alpha value is -3.35. The molecule has 1 heterocycles. The molecule has 0 radical (unpaired) electrons. The summed E-state index contributed by atoms with van der Waals surface area (Å²) in [7, 11) is 0. The van der Waals surface area contributed by atoms with Gasteiger partial charge in [-0.15, -0.1) is 0 Å². The zero-order chi connectivity index (χ0) is 23.7. The molecule has 2 aromatic carbocycles. The zero-order valence-corrected chi connectivity index (χ0v) is 19.2. The van der Waals surface area contributed by atoms with Crippen LogP contribution in [0, 0.1) is 11.3 Å². The number of carboxylic acid groups (broad SMARTS) is 1. The minimum Gasteiger partial charge on any atom is -0.481 e. The van der Waals surface area contributed by atoms with Crippen molar-refractivity contribution in [3.05, 3.63) is 59.7 Å². The number of nitrogens with zero attached hydrogens (tertiary/aromatic N) is 1. The standard InChI is InChI=1S/C27H30N2O5/c30-24(29-13-10-18(15-29)25(31)32)14-27(11-5-12-27)17-28-26(33)34-16-23-21-8-3-1-6-19(21)20-7-2-4-9-22(20)23/h1-4,6-9,18,23H,5,10-17H2,(H,28,33)(H,31,32). The van der Waals surface area contributed by atoms with E-state index < -0.39 is 18.0 Å². The molecular weight excluding hydrogens is 432 g/mol. The zero-order valence-electron chi connectivity index (χ0n) is 19.2. The first-order valence-electron chi connectivity index (χ1n) is 12.1. The normalized spacial score (nSPS) is 20.2. The number of hydrogen-bond donors (Lipinski definition) is 2. The lowest BCUT2D eigenvalue weighted by molar-refractivity contribution is -0.141. The number of carbonyl (C=O) groups excluding carboxylic acids is 2. The molecule has 3 aliphatic rings. The van der Waals surface area contributed by atoms with E-state index in [4.69, 9.17) is 4.74 Å². The Balaban J connectivity index is 1.15. The van der Waals surface area contributed by atoms with Gasteiger partial charge in [-0.1, -0.05) is 55.0 Å². The summed E-state index contributed by atoms with van der Waals surface area (Å²) in [6.45, 7) is 1.43. The molecule has 5 rings (SSSR count). The molecule has 2 aromatic rings. The van der Waals surface area contributed by atoms with Crippen molar-refractivity contribution in [2.75, 3.05) is 26.2 Å². The van der Waals surface area contributed by atoms with Crippen LogP contribution in [0.2, 0.25) is 0 Å². The molecule has 1 atom stereocenters. The van der Waals surface area contributed by atoms with Gasteiger partial charge in [0.05, 0.1) is 5.92 Å². The molecule has 1 unspecified atom stereocenters. The van der Waals surface area contributed by atoms with E-state index in [9.17, 15) is 19.5 Å². The Kier molecular flexibility index (Phi) is 6.02. The van der Waals surface area contributed by atoms with E-state index in [-0.39, 0.29) is 30.4 Å². The largest absolute Gasteiger partial charge is 0.481 e. The number of likely N-dealkylation sites (tertiary alicyclic amines) is 1. The quantitative estimate of drug-likeness (QED) is 0.648. The second-order valence-electron chi connectivity index (χ2n) is 9.87. The van der Waals surface area contributed by atoms with Gasteiger partial charge in [0.1, 0.15) is 6.61 Å². The number of hydrogen-bond acceptors (Lipinski definition) is 4. The fourth-order valence-corrected chi connectivity index (χ4v) is 5.62. The van der Waals surface area contributed by atoms with Gasteiger partial charge >= 0.3 is 12.1 Å². The number of alkyl carbamates (subject to hydrolysis) is 1. The molecule has 0 aromatic heterocycles. The molecule has 1 aliphatic heterocycles. The summed E-state index contributed by atoms with van der Waals surface area (Å²) >= 11 is 0. The Morgan fingerprint density at radius 1 is 1.03 bits per heavy atom. The van der Waals surface area contributed by atoms with Gasteiger partial charge in [0.2, 0.25) is 5.91 Å². The summed E-state index contributed by atoms with van der Waals surface area (Å²) in [6.07, 6.45) is 3.15. The Morgan fingerprint density at radius 3 is 2.24 bits per heavy atom. The molecule has 1 saturated carbocycles. The van der Waals surface area contributed by atoms with Gasteiger partial charge in [-0.3, -0.25) is 9.59 Å². The van der Waals surface area contributed by atoms with Crippen molar-refractivity contribution < 1.29 is 24.2 Å². The summed E-state index contributed by atoms with van der Waals surface area (Å²) in [5.74, 6) is -1.32. The van der Waals surface area contributed by atoms with Gasteiger partial charge in [0, 0.05) is 32.0 Å². The second kappa shape index (κ2) is 9.12. The lowest BCUT2D eigenvalue weighted by atomic mass is 9.66. The molecule has 1 saturated heterocycles. The molecular formula is C27H30N2O5. The molecule has 178 valence electrons. The molecule has 2 aliphatic carbocycles. The van der Waals surface area contributed by atoms with E-state index >= 15 is 0 Å². The number of amides is 2. The Labute approximate surface area is 199 Å². The maximum Gasteiger partial charge on any atom is 0.407 e. The number of fused-ring (bicyclic) bond motifs is 3. The highest BCUT2D eigenvalue weighted by Crippen LogP contribution is 2.45. The van der Waals surface area contributed by atoms with Crippen molar-refractivity contribution in [1.82, 2.24) is 10.2 Å². The first-order valence-corrected chi connectivity index (χ1v) is 12.1. The van der Waals surface area contributed by atoms with Crippen molar-refractivity contribution in [3.63, 3.8) is 0 Å². The maximum absolute atomic E-state index is 12.8. The average molecular weight is 463 g/mol. The smallest absolute Gasteiger partial charge is 0.407 e. The molecule has 2 fully saturated rings. The number of nitrogens with one attached hydrogen (secondary N) is 1. The highest BCUT2D eigenvalue weighted by Gasteiger charge is 2.42. The van der Waals surface area contributed by atoms with Crippen LogP contribution >= 0.6 is 0 Å². The van der Waals surface area contributed by atoms with E-state index in [0.717, 1.165) is 19.3 Å². The van der Waals surface area contributed by atoms with Gasteiger partial charge in [-0.05, 0) is 46.9 Å². The highest BCUT2D eigenvalue weighted by molar-refractivity contribution is 5.80. The Bertz CT molecular complexity index is 1060. The fraction of sp³-hybridized carbons (Fsp3) is 0.444. The summed E-state index contributed by atoms with van der Waals surface area (Å²) in [6, 6.07) is 16.4. The number of carbonyl (C=O) groups is 3. The number of benzene rings is 2. The summed E-state index contributed by atoms with van der Waals surface area (Å²) in [5, 5.41) is 12.1. The second-order valence-corrected chi connectivity index (χ2v) is 9.87. The van der Waals surface area contributed by atoms with E-state index in [0.29, 0.717) is 25.9 Å². The predicted molar refractivity (Wildman–Crippen MR) is 126 cm³/mol. The fourth-order valence-electron chi connectivity index (χ4n) is 5.62. The van der Waals surface area contributed by atoms with Gasteiger partial charge in [0.25, 0.3) is 0 Å². The van der Waals surface area contributed by atoms with Crippen LogP contribution in [-0.2, 0) is 14.3 Å². The Morgan fingerprint density at radius 2 is 1.68 bits per heavy atom. The highest BCUT2D eigenvalue weighted by atomic mass is 16.5. The van der Waals surface area contributed by atoms with Gasteiger partial charge in [-0.25, -0.2) is 4.79 Å². The molecule has 0 bridgehead atoms. The first kappa shape index (κ1) is 22.4.